The summed E-state index contributed by atoms with van der Waals surface area (Å²) in [5, 5.41) is 0. The molecule has 33 heavy (non-hydrogen) atoms. The number of hydrogen-bond donors (Lipinski definition) is 1. The van der Waals surface area contributed by atoms with E-state index in [4.69, 9.17) is 4.74 Å². The maximum atomic E-state index is 12.7. The molecule has 0 spiro atoms. The number of rotatable bonds is 6. The van der Waals surface area contributed by atoms with Crippen LogP contribution in [0.3, 0.4) is 0 Å². The number of ether oxygens (including phenoxy) is 1. The fourth-order valence-corrected chi connectivity index (χ4v) is 3.63. The number of benzene rings is 4. The van der Waals surface area contributed by atoms with E-state index >= 15 is 0 Å². The largest absolute Gasteiger partial charge is 0.386 e. The van der Waals surface area contributed by atoms with Gasteiger partial charge in [0, 0.05) is 16.0 Å². The molecule has 4 aromatic carbocycles. The van der Waals surface area contributed by atoms with Crippen LogP contribution in [-0.2, 0) is 11.2 Å². The van der Waals surface area contributed by atoms with Crippen molar-refractivity contribution in [1.82, 2.24) is 0 Å². The van der Waals surface area contributed by atoms with Crippen LogP contribution in [0.5, 0.6) is 0 Å². The molecular formula is C28H20O4S. The second kappa shape index (κ2) is 10.1. The van der Waals surface area contributed by atoms with Gasteiger partial charge in [0.25, 0.3) is 0 Å². The van der Waals surface area contributed by atoms with E-state index in [1.807, 2.05) is 42.5 Å². The zero-order valence-corrected chi connectivity index (χ0v) is 18.5. The van der Waals surface area contributed by atoms with Gasteiger partial charge in [0.05, 0.1) is 11.1 Å². The molecule has 0 heterocycles. The molecule has 0 fully saturated rings. The zero-order valence-electron chi connectivity index (χ0n) is 17.6. The molecule has 0 saturated heterocycles. The van der Waals surface area contributed by atoms with Crippen LogP contribution in [0.15, 0.2) is 108 Å². The van der Waals surface area contributed by atoms with Crippen molar-refractivity contribution in [2.45, 2.75) is 11.3 Å². The monoisotopic (exact) mass is 452 g/mol. The predicted molar refractivity (Wildman–Crippen MR) is 129 cm³/mol. The van der Waals surface area contributed by atoms with E-state index in [0.29, 0.717) is 22.4 Å². The normalized spacial score (nSPS) is 10.5. The molecule has 0 aliphatic rings. The van der Waals surface area contributed by atoms with E-state index < -0.39 is 11.9 Å². The molecule has 4 nitrogen and oxygen atoms in total. The molecule has 0 amide bonds. The van der Waals surface area contributed by atoms with E-state index in [0.717, 1.165) is 11.1 Å². The lowest BCUT2D eigenvalue weighted by atomic mass is 10.0. The Morgan fingerprint density at radius 1 is 0.606 bits per heavy atom. The summed E-state index contributed by atoms with van der Waals surface area (Å²) in [5.74, 6) is -1.72. The van der Waals surface area contributed by atoms with Crippen LogP contribution in [0.1, 0.15) is 47.8 Å². The minimum Gasteiger partial charge on any atom is -0.386 e. The summed E-state index contributed by atoms with van der Waals surface area (Å²) >= 11 is 4.34. The van der Waals surface area contributed by atoms with Gasteiger partial charge in [-0.25, -0.2) is 9.59 Å². The average molecular weight is 453 g/mol. The molecule has 0 unspecified atom stereocenters. The minimum atomic E-state index is -0.792. The first-order chi connectivity index (χ1) is 16.0. The molecule has 0 N–H and O–H groups in total. The Bertz CT molecular complexity index is 1300. The van der Waals surface area contributed by atoms with Crippen molar-refractivity contribution in [1.29, 1.82) is 0 Å². The molecule has 0 radical (unpaired) electrons. The average Bonchev–Trinajstić information content (AvgIpc) is 2.86. The van der Waals surface area contributed by atoms with Gasteiger partial charge in [-0.1, -0.05) is 78.9 Å². The molecule has 0 atom stereocenters. The quantitative estimate of drug-likeness (QED) is 0.174. The van der Waals surface area contributed by atoms with E-state index in [9.17, 15) is 14.4 Å². The predicted octanol–water partition coefficient (Wildman–Crippen LogP) is 5.79. The summed E-state index contributed by atoms with van der Waals surface area (Å²) in [4.78, 5) is 38.1. The van der Waals surface area contributed by atoms with Crippen molar-refractivity contribution in [3.63, 3.8) is 0 Å². The van der Waals surface area contributed by atoms with E-state index in [-0.39, 0.29) is 16.9 Å². The van der Waals surface area contributed by atoms with Crippen molar-refractivity contribution in [3.8, 4) is 0 Å². The number of hydrogen-bond acceptors (Lipinski definition) is 5. The van der Waals surface area contributed by atoms with Gasteiger partial charge in [-0.3, -0.25) is 4.79 Å². The van der Waals surface area contributed by atoms with Crippen LogP contribution in [0.25, 0.3) is 0 Å². The first-order valence-electron chi connectivity index (χ1n) is 10.3. The molecule has 162 valence electrons. The Hall–Kier alpha value is -3.96. The van der Waals surface area contributed by atoms with Crippen molar-refractivity contribution in [2.24, 2.45) is 0 Å². The van der Waals surface area contributed by atoms with Gasteiger partial charge in [-0.15, -0.1) is 12.6 Å². The molecule has 5 heteroatoms. The lowest BCUT2D eigenvalue weighted by Gasteiger charge is -2.09. The molecule has 0 aromatic heterocycles. The summed E-state index contributed by atoms with van der Waals surface area (Å²) in [5.41, 5.74) is 3.40. The van der Waals surface area contributed by atoms with Crippen LogP contribution in [0.2, 0.25) is 0 Å². The van der Waals surface area contributed by atoms with Crippen LogP contribution in [0.4, 0.5) is 0 Å². The summed E-state index contributed by atoms with van der Waals surface area (Å²) in [6.45, 7) is 0. The number of carbonyl (C=O) groups is 3. The topological polar surface area (TPSA) is 60.4 Å². The summed E-state index contributed by atoms with van der Waals surface area (Å²) in [7, 11) is 0. The van der Waals surface area contributed by atoms with Crippen molar-refractivity contribution >= 4 is 30.4 Å². The molecule has 0 bridgehead atoms. The second-order valence-corrected chi connectivity index (χ2v) is 7.95. The maximum Gasteiger partial charge on any atom is 0.347 e. The smallest absolute Gasteiger partial charge is 0.347 e. The van der Waals surface area contributed by atoms with Gasteiger partial charge >= 0.3 is 11.9 Å². The van der Waals surface area contributed by atoms with Gasteiger partial charge in [0.2, 0.25) is 0 Å². The van der Waals surface area contributed by atoms with Crippen LogP contribution in [0, 0.1) is 0 Å². The van der Waals surface area contributed by atoms with Crippen LogP contribution >= 0.6 is 12.6 Å². The Labute approximate surface area is 197 Å². The van der Waals surface area contributed by atoms with Gasteiger partial charge in [0.15, 0.2) is 5.78 Å². The first kappa shape index (κ1) is 22.2. The zero-order chi connectivity index (χ0) is 23.2. The summed E-state index contributed by atoms with van der Waals surface area (Å²) in [6.07, 6.45) is 0.639. The molecule has 4 aromatic rings. The highest BCUT2D eigenvalue weighted by Gasteiger charge is 2.18. The highest BCUT2D eigenvalue weighted by Crippen LogP contribution is 2.20. The fourth-order valence-electron chi connectivity index (χ4n) is 3.40. The third-order valence-corrected chi connectivity index (χ3v) is 5.53. The Kier molecular flexibility index (Phi) is 6.81. The number of thiol groups is 1. The first-order valence-corrected chi connectivity index (χ1v) is 10.8. The van der Waals surface area contributed by atoms with E-state index in [1.54, 1.807) is 48.5 Å². The number of ketones is 1. The van der Waals surface area contributed by atoms with E-state index in [1.165, 1.54) is 12.1 Å². The third kappa shape index (κ3) is 5.45. The third-order valence-electron chi connectivity index (χ3n) is 5.14. The number of carbonyl (C=O) groups excluding carboxylic acids is 3. The van der Waals surface area contributed by atoms with Crippen molar-refractivity contribution < 1.29 is 19.1 Å². The molecule has 0 aliphatic heterocycles. The van der Waals surface area contributed by atoms with E-state index in [2.05, 4.69) is 12.6 Å². The Morgan fingerprint density at radius 3 is 1.85 bits per heavy atom. The molecule has 4 rings (SSSR count). The molecule has 0 aliphatic carbocycles. The maximum absolute atomic E-state index is 12.7. The summed E-state index contributed by atoms with van der Waals surface area (Å²) in [6, 6.07) is 30.0. The number of esters is 2. The van der Waals surface area contributed by atoms with Crippen molar-refractivity contribution in [2.75, 3.05) is 0 Å². The second-order valence-electron chi connectivity index (χ2n) is 7.46. The SMILES string of the molecule is O=C(OC(=O)c1cc(Cc2ccccc2)ccc1S)c1ccc(C(=O)c2ccccc2)cc1. The lowest BCUT2D eigenvalue weighted by molar-refractivity contribution is 0.0395. The Morgan fingerprint density at radius 2 is 1.18 bits per heavy atom. The standard InChI is InChI=1S/C28H20O4S/c29-26(21-9-5-2-6-10-21)22-12-14-23(15-13-22)27(30)32-28(31)24-18-20(11-16-25(24)33)17-19-7-3-1-4-8-19/h1-16,18,33H,17H2. The molecule has 0 saturated carbocycles. The lowest BCUT2D eigenvalue weighted by Crippen LogP contribution is -2.14. The molecular weight excluding hydrogens is 432 g/mol. The Balaban J connectivity index is 1.46. The van der Waals surface area contributed by atoms with Crippen LogP contribution in [-0.4, -0.2) is 17.7 Å². The summed E-state index contributed by atoms with van der Waals surface area (Å²) < 4.78 is 5.08. The van der Waals surface area contributed by atoms with Gasteiger partial charge in [-0.05, 0) is 41.8 Å². The van der Waals surface area contributed by atoms with Crippen LogP contribution < -0.4 is 0 Å². The minimum absolute atomic E-state index is 0.151. The highest BCUT2D eigenvalue weighted by atomic mass is 32.1. The van der Waals surface area contributed by atoms with Gasteiger partial charge in [-0.2, -0.15) is 0 Å². The van der Waals surface area contributed by atoms with Crippen molar-refractivity contribution in [3.05, 3.63) is 137 Å². The van der Waals surface area contributed by atoms with Gasteiger partial charge < -0.3 is 4.74 Å². The highest BCUT2D eigenvalue weighted by molar-refractivity contribution is 7.80. The fraction of sp³-hybridized carbons (Fsp3) is 0.0357. The van der Waals surface area contributed by atoms with Gasteiger partial charge in [0.1, 0.15) is 0 Å².